The molecule has 3 heteroatoms. The highest BCUT2D eigenvalue weighted by Gasteiger charge is 2.42. The molecule has 1 N–H and O–H groups in total. The maximum atomic E-state index is 4.13. The number of hydrogen-bond acceptors (Lipinski definition) is 3. The number of piperazine rings is 1. The standard InChI is InChI=1S/C16H23N3/c1-2-13(1)15-11-19(10-12-5-7-17-8-6-12)16(9-18-15)14-3-4-14/h5-8,13-16,18H,1-4,9-11H2. The van der Waals surface area contributed by atoms with Crippen molar-refractivity contribution in [1.82, 2.24) is 15.2 Å². The van der Waals surface area contributed by atoms with Gasteiger partial charge in [0.25, 0.3) is 0 Å². The largest absolute Gasteiger partial charge is 0.311 e. The summed E-state index contributed by atoms with van der Waals surface area (Å²) < 4.78 is 0. The van der Waals surface area contributed by atoms with Crippen LogP contribution in [0.2, 0.25) is 0 Å². The second kappa shape index (κ2) is 4.88. The van der Waals surface area contributed by atoms with Gasteiger partial charge in [0.2, 0.25) is 0 Å². The van der Waals surface area contributed by atoms with Crippen LogP contribution in [0.15, 0.2) is 24.5 Å². The van der Waals surface area contributed by atoms with Crippen LogP contribution in [0, 0.1) is 11.8 Å². The van der Waals surface area contributed by atoms with Gasteiger partial charge in [0.1, 0.15) is 0 Å². The monoisotopic (exact) mass is 257 g/mol. The average molecular weight is 257 g/mol. The molecule has 2 atom stereocenters. The lowest BCUT2D eigenvalue weighted by Gasteiger charge is -2.41. The SMILES string of the molecule is c1cc(CN2CC(C3CC3)NCC2C2CC2)ccn1. The molecule has 0 spiro atoms. The van der Waals surface area contributed by atoms with E-state index in [4.69, 9.17) is 0 Å². The molecule has 0 aromatic carbocycles. The van der Waals surface area contributed by atoms with Gasteiger partial charge in [-0.15, -0.1) is 0 Å². The molecule has 0 radical (unpaired) electrons. The molecule has 102 valence electrons. The van der Waals surface area contributed by atoms with E-state index in [0.29, 0.717) is 0 Å². The molecule has 0 amide bonds. The number of hydrogen-bond donors (Lipinski definition) is 1. The number of nitrogens with one attached hydrogen (secondary N) is 1. The summed E-state index contributed by atoms with van der Waals surface area (Å²) in [7, 11) is 0. The van der Waals surface area contributed by atoms with Crippen molar-refractivity contribution in [2.24, 2.45) is 11.8 Å². The highest BCUT2D eigenvalue weighted by molar-refractivity contribution is 5.11. The molecule has 1 aliphatic heterocycles. The van der Waals surface area contributed by atoms with Crippen molar-refractivity contribution in [3.05, 3.63) is 30.1 Å². The van der Waals surface area contributed by atoms with E-state index in [0.717, 1.165) is 30.5 Å². The molecule has 1 aromatic heterocycles. The minimum Gasteiger partial charge on any atom is -0.311 e. The van der Waals surface area contributed by atoms with Crippen LogP contribution in [0.5, 0.6) is 0 Å². The third-order valence-corrected chi connectivity index (χ3v) is 4.98. The zero-order valence-electron chi connectivity index (χ0n) is 11.5. The Bertz CT molecular complexity index is 425. The van der Waals surface area contributed by atoms with Gasteiger partial charge in [-0.25, -0.2) is 0 Å². The van der Waals surface area contributed by atoms with E-state index >= 15 is 0 Å². The van der Waals surface area contributed by atoms with Crippen molar-refractivity contribution in [2.75, 3.05) is 13.1 Å². The summed E-state index contributed by atoms with van der Waals surface area (Å²) in [6, 6.07) is 5.84. The highest BCUT2D eigenvalue weighted by atomic mass is 15.2. The zero-order chi connectivity index (χ0) is 12.7. The van der Waals surface area contributed by atoms with Crippen LogP contribution in [0.4, 0.5) is 0 Å². The lowest BCUT2D eigenvalue weighted by molar-refractivity contribution is 0.100. The number of aromatic nitrogens is 1. The van der Waals surface area contributed by atoms with E-state index in [1.165, 1.54) is 44.3 Å². The normalized spacial score (nSPS) is 32.4. The van der Waals surface area contributed by atoms with Crippen molar-refractivity contribution >= 4 is 0 Å². The van der Waals surface area contributed by atoms with Gasteiger partial charge in [0.15, 0.2) is 0 Å². The van der Waals surface area contributed by atoms with Gasteiger partial charge in [-0.05, 0) is 55.2 Å². The lowest BCUT2D eigenvalue weighted by atomic mass is 10.0. The molecule has 1 aromatic rings. The molecule has 2 saturated carbocycles. The van der Waals surface area contributed by atoms with E-state index in [1.54, 1.807) is 0 Å². The summed E-state index contributed by atoms with van der Waals surface area (Å²) in [4.78, 5) is 6.87. The molecular weight excluding hydrogens is 234 g/mol. The Morgan fingerprint density at radius 2 is 1.84 bits per heavy atom. The highest BCUT2D eigenvalue weighted by Crippen LogP contribution is 2.40. The number of pyridine rings is 1. The second-order valence-electron chi connectivity index (χ2n) is 6.54. The van der Waals surface area contributed by atoms with Gasteiger partial charge in [0.05, 0.1) is 0 Å². The molecule has 2 heterocycles. The number of rotatable bonds is 4. The quantitative estimate of drug-likeness (QED) is 0.894. The first-order valence-corrected chi connectivity index (χ1v) is 7.76. The minimum absolute atomic E-state index is 0.747. The molecular formula is C16H23N3. The third kappa shape index (κ3) is 2.67. The van der Waals surface area contributed by atoms with Crippen LogP contribution in [0.25, 0.3) is 0 Å². The molecule has 2 unspecified atom stereocenters. The van der Waals surface area contributed by atoms with E-state index in [1.807, 2.05) is 12.4 Å². The van der Waals surface area contributed by atoms with E-state index < -0.39 is 0 Å². The van der Waals surface area contributed by atoms with Gasteiger partial charge in [0, 0.05) is 44.1 Å². The fourth-order valence-corrected chi connectivity index (χ4v) is 3.52. The Hall–Kier alpha value is -0.930. The molecule has 2 aliphatic carbocycles. The molecule has 3 nitrogen and oxygen atoms in total. The van der Waals surface area contributed by atoms with Crippen LogP contribution >= 0.6 is 0 Å². The lowest BCUT2D eigenvalue weighted by Crippen LogP contribution is -2.57. The van der Waals surface area contributed by atoms with Crippen molar-refractivity contribution in [3.63, 3.8) is 0 Å². The van der Waals surface area contributed by atoms with Gasteiger partial charge in [-0.2, -0.15) is 0 Å². The van der Waals surface area contributed by atoms with Gasteiger partial charge in [-0.1, -0.05) is 0 Å². The van der Waals surface area contributed by atoms with E-state index in [2.05, 4.69) is 27.3 Å². The predicted octanol–water partition coefficient (Wildman–Crippen LogP) is 2.04. The zero-order valence-corrected chi connectivity index (χ0v) is 11.5. The Morgan fingerprint density at radius 3 is 2.53 bits per heavy atom. The Morgan fingerprint density at radius 1 is 1.11 bits per heavy atom. The van der Waals surface area contributed by atoms with Crippen LogP contribution in [0.1, 0.15) is 31.2 Å². The molecule has 3 fully saturated rings. The summed E-state index contributed by atoms with van der Waals surface area (Å²) in [6.45, 7) is 3.56. The Balaban J connectivity index is 1.47. The summed E-state index contributed by atoms with van der Waals surface area (Å²) in [5.41, 5.74) is 1.41. The first-order valence-electron chi connectivity index (χ1n) is 7.76. The second-order valence-corrected chi connectivity index (χ2v) is 6.54. The van der Waals surface area contributed by atoms with Crippen molar-refractivity contribution in [3.8, 4) is 0 Å². The van der Waals surface area contributed by atoms with Crippen molar-refractivity contribution in [2.45, 2.75) is 44.3 Å². The molecule has 19 heavy (non-hydrogen) atoms. The third-order valence-electron chi connectivity index (χ3n) is 4.98. The average Bonchev–Trinajstić information content (AvgIpc) is 3.30. The van der Waals surface area contributed by atoms with Crippen molar-refractivity contribution in [1.29, 1.82) is 0 Å². The molecule has 3 aliphatic rings. The Labute approximate surface area is 115 Å². The first-order chi connectivity index (χ1) is 9.40. The van der Waals surface area contributed by atoms with E-state index in [9.17, 15) is 0 Å². The van der Waals surface area contributed by atoms with Gasteiger partial charge >= 0.3 is 0 Å². The minimum atomic E-state index is 0.747. The van der Waals surface area contributed by atoms with Gasteiger partial charge < -0.3 is 5.32 Å². The summed E-state index contributed by atoms with van der Waals surface area (Å²) >= 11 is 0. The summed E-state index contributed by atoms with van der Waals surface area (Å²) in [5, 5.41) is 3.81. The van der Waals surface area contributed by atoms with E-state index in [-0.39, 0.29) is 0 Å². The van der Waals surface area contributed by atoms with Crippen LogP contribution in [-0.2, 0) is 6.54 Å². The maximum Gasteiger partial charge on any atom is 0.0271 e. The predicted molar refractivity (Wildman–Crippen MR) is 75.7 cm³/mol. The van der Waals surface area contributed by atoms with Gasteiger partial charge in [-0.3, -0.25) is 9.88 Å². The van der Waals surface area contributed by atoms with Crippen LogP contribution in [-0.4, -0.2) is 35.1 Å². The summed E-state index contributed by atoms with van der Waals surface area (Å²) in [6.07, 6.45) is 9.59. The maximum absolute atomic E-state index is 4.13. The van der Waals surface area contributed by atoms with Crippen LogP contribution < -0.4 is 5.32 Å². The first kappa shape index (κ1) is 11.9. The molecule has 1 saturated heterocycles. The van der Waals surface area contributed by atoms with Crippen molar-refractivity contribution < 1.29 is 0 Å². The number of nitrogens with zero attached hydrogens (tertiary/aromatic N) is 2. The Kier molecular flexibility index (Phi) is 3.04. The molecule has 4 rings (SSSR count). The smallest absolute Gasteiger partial charge is 0.0271 e. The fraction of sp³-hybridized carbons (Fsp3) is 0.688. The molecule has 0 bridgehead atoms. The topological polar surface area (TPSA) is 28.2 Å². The van der Waals surface area contributed by atoms with Crippen LogP contribution in [0.3, 0.4) is 0 Å². The fourth-order valence-electron chi connectivity index (χ4n) is 3.52. The summed E-state index contributed by atoms with van der Waals surface area (Å²) in [5.74, 6) is 1.91.